The van der Waals surface area contributed by atoms with Gasteiger partial charge in [-0.25, -0.2) is 0 Å². The van der Waals surface area contributed by atoms with Gasteiger partial charge in [-0.3, -0.25) is 0 Å². The number of hydrogen-bond acceptors (Lipinski definition) is 2. The second kappa shape index (κ2) is 8.05. The first-order valence-corrected chi connectivity index (χ1v) is 6.22. The van der Waals surface area contributed by atoms with Crippen molar-refractivity contribution in [2.75, 3.05) is 13.2 Å². The predicted octanol–water partition coefficient (Wildman–Crippen LogP) is 2.78. The van der Waals surface area contributed by atoms with E-state index in [2.05, 4.69) is 36.7 Å². The van der Waals surface area contributed by atoms with Crippen LogP contribution in [0.4, 0.5) is 0 Å². The van der Waals surface area contributed by atoms with Crippen molar-refractivity contribution >= 4 is 0 Å². The second-order valence-electron chi connectivity index (χ2n) is 4.70. The van der Waals surface area contributed by atoms with E-state index in [9.17, 15) is 0 Å². The van der Waals surface area contributed by atoms with Gasteiger partial charge in [-0.05, 0) is 24.5 Å². The number of rotatable bonds is 1. The monoisotopic (exact) mass is 317 g/mol. The summed E-state index contributed by atoms with van der Waals surface area (Å²) in [6.07, 6.45) is 3.96. The first-order valence-electron chi connectivity index (χ1n) is 6.22. The topological polar surface area (TPSA) is 22.1 Å². The van der Waals surface area contributed by atoms with Crippen LogP contribution in [0, 0.1) is 23.8 Å². The van der Waals surface area contributed by atoms with Gasteiger partial charge in [0, 0.05) is 51.8 Å². The molecule has 1 aromatic heterocycles. The molecule has 0 bridgehead atoms. The van der Waals surface area contributed by atoms with Crippen LogP contribution in [0.5, 0.6) is 0 Å². The van der Waals surface area contributed by atoms with Crippen LogP contribution in [0.2, 0.25) is 0 Å². The molecular weight excluding hydrogens is 299 g/mol. The second-order valence-corrected chi connectivity index (χ2v) is 4.70. The van der Waals surface area contributed by atoms with E-state index in [0.29, 0.717) is 11.8 Å². The molecule has 0 aliphatic carbocycles. The zero-order chi connectivity index (χ0) is 12.1. The molecule has 3 heteroatoms. The van der Waals surface area contributed by atoms with Crippen molar-refractivity contribution in [3.05, 3.63) is 29.6 Å². The summed E-state index contributed by atoms with van der Waals surface area (Å²) >= 11 is 0. The molecule has 1 aromatic rings. The molecule has 1 aliphatic rings. The van der Waals surface area contributed by atoms with Gasteiger partial charge in [0.15, 0.2) is 0 Å². The molecule has 2 rings (SSSR count). The van der Waals surface area contributed by atoms with E-state index in [1.54, 1.807) is 0 Å². The number of hydrogen-bond donors (Lipinski definition) is 0. The van der Waals surface area contributed by atoms with E-state index in [-0.39, 0.29) is 32.7 Å². The third kappa shape index (κ3) is 4.80. The summed E-state index contributed by atoms with van der Waals surface area (Å²) in [6.45, 7) is 5.96. The Bertz CT molecular complexity index is 410. The molecule has 18 heavy (non-hydrogen) atoms. The first kappa shape index (κ1) is 15.8. The Labute approximate surface area is 135 Å². The normalized spacial score (nSPS) is 15.7. The minimum Gasteiger partial charge on any atom is -0.381 e. The summed E-state index contributed by atoms with van der Waals surface area (Å²) in [4.78, 5) is 4.35. The molecule has 93 valence electrons. The number of ether oxygens (including phenoxy) is 1. The molecule has 0 amide bonds. The molecule has 0 saturated carbocycles. The molecular formula is C15H18NOY-. The molecule has 1 saturated heterocycles. The van der Waals surface area contributed by atoms with E-state index in [1.807, 2.05) is 12.3 Å². The number of nitrogens with zero attached hydrogens (tertiary/aromatic N) is 1. The fraction of sp³-hybridized carbons (Fsp3) is 0.533. The average Bonchev–Trinajstić information content (AvgIpc) is 2.38. The zero-order valence-electron chi connectivity index (χ0n) is 11.1. The van der Waals surface area contributed by atoms with Crippen LogP contribution >= 0.6 is 0 Å². The van der Waals surface area contributed by atoms with Crippen LogP contribution in [0.3, 0.4) is 0 Å². The zero-order valence-corrected chi connectivity index (χ0v) is 13.9. The van der Waals surface area contributed by atoms with Crippen LogP contribution in [0.25, 0.3) is 0 Å². The summed E-state index contributed by atoms with van der Waals surface area (Å²) in [5.74, 6) is 7.35. The Morgan fingerprint density at radius 2 is 2.11 bits per heavy atom. The Kier molecular flexibility index (Phi) is 7.08. The van der Waals surface area contributed by atoms with Crippen molar-refractivity contribution in [1.29, 1.82) is 0 Å². The minimum absolute atomic E-state index is 0. The Morgan fingerprint density at radius 1 is 1.39 bits per heavy atom. The fourth-order valence-electron chi connectivity index (χ4n) is 1.77. The van der Waals surface area contributed by atoms with E-state index < -0.39 is 0 Å². The molecule has 0 aromatic carbocycles. The third-order valence-corrected chi connectivity index (χ3v) is 2.97. The van der Waals surface area contributed by atoms with Gasteiger partial charge in [0.1, 0.15) is 0 Å². The van der Waals surface area contributed by atoms with Crippen molar-refractivity contribution in [2.24, 2.45) is 5.92 Å². The van der Waals surface area contributed by atoms with Crippen molar-refractivity contribution in [1.82, 2.24) is 4.98 Å². The maximum atomic E-state index is 5.30. The van der Waals surface area contributed by atoms with Gasteiger partial charge in [-0.2, -0.15) is 6.07 Å². The molecule has 1 radical (unpaired) electrons. The van der Waals surface area contributed by atoms with Gasteiger partial charge >= 0.3 is 0 Å². The quantitative estimate of drug-likeness (QED) is 0.587. The summed E-state index contributed by atoms with van der Waals surface area (Å²) < 4.78 is 5.30. The largest absolute Gasteiger partial charge is 0.381 e. The smallest absolute Gasteiger partial charge is 0.0477 e. The minimum atomic E-state index is 0. The van der Waals surface area contributed by atoms with E-state index in [0.717, 1.165) is 37.3 Å². The summed E-state index contributed by atoms with van der Waals surface area (Å²) in [7, 11) is 0. The Morgan fingerprint density at radius 3 is 2.67 bits per heavy atom. The summed E-state index contributed by atoms with van der Waals surface area (Å²) in [5, 5.41) is 0. The standard InChI is InChI=1S/C15H18NO.Y/c1-12(2)14-4-6-15(16-11-14)5-3-13-7-9-17-10-8-13;/h6,11-13H,7-10H2,1-2H3;/q-1;. The van der Waals surface area contributed by atoms with Gasteiger partial charge in [0.2, 0.25) is 0 Å². The van der Waals surface area contributed by atoms with Crippen LogP contribution in [-0.4, -0.2) is 18.2 Å². The molecule has 1 aliphatic heterocycles. The molecule has 0 unspecified atom stereocenters. The van der Waals surface area contributed by atoms with Crippen LogP contribution < -0.4 is 0 Å². The van der Waals surface area contributed by atoms with Crippen molar-refractivity contribution in [2.45, 2.75) is 32.6 Å². The molecule has 2 heterocycles. The van der Waals surface area contributed by atoms with Crippen molar-refractivity contribution in [3.8, 4) is 11.8 Å². The molecule has 0 atom stereocenters. The van der Waals surface area contributed by atoms with Gasteiger partial charge in [-0.15, -0.1) is 23.5 Å². The van der Waals surface area contributed by atoms with Crippen molar-refractivity contribution in [3.63, 3.8) is 0 Å². The van der Waals surface area contributed by atoms with Crippen LogP contribution in [-0.2, 0) is 37.4 Å². The number of aromatic nitrogens is 1. The SMILES string of the molecule is CC(C)c1[c-]cc(C#CC2CCOCC2)nc1.[Y]. The van der Waals surface area contributed by atoms with Gasteiger partial charge in [0.25, 0.3) is 0 Å². The van der Waals surface area contributed by atoms with Gasteiger partial charge < -0.3 is 9.72 Å². The summed E-state index contributed by atoms with van der Waals surface area (Å²) in [6, 6.07) is 5.13. The molecule has 2 nitrogen and oxygen atoms in total. The summed E-state index contributed by atoms with van der Waals surface area (Å²) in [5.41, 5.74) is 1.96. The average molecular weight is 317 g/mol. The number of pyridine rings is 1. The van der Waals surface area contributed by atoms with Crippen LogP contribution in [0.1, 0.15) is 43.9 Å². The maximum Gasteiger partial charge on any atom is 0.0477 e. The molecule has 1 fully saturated rings. The van der Waals surface area contributed by atoms with Crippen LogP contribution in [0.15, 0.2) is 12.3 Å². The van der Waals surface area contributed by atoms with E-state index >= 15 is 0 Å². The Hall–Kier alpha value is -0.226. The fourth-order valence-corrected chi connectivity index (χ4v) is 1.77. The molecule has 0 spiro atoms. The third-order valence-electron chi connectivity index (χ3n) is 2.97. The van der Waals surface area contributed by atoms with E-state index in [1.165, 1.54) is 0 Å². The van der Waals surface area contributed by atoms with Crippen molar-refractivity contribution < 1.29 is 37.4 Å². The van der Waals surface area contributed by atoms with Gasteiger partial charge in [0.05, 0.1) is 0 Å². The predicted molar refractivity (Wildman–Crippen MR) is 67.6 cm³/mol. The maximum absolute atomic E-state index is 5.30. The van der Waals surface area contributed by atoms with Gasteiger partial charge in [-0.1, -0.05) is 20.0 Å². The van der Waals surface area contributed by atoms with E-state index in [4.69, 9.17) is 4.74 Å². The first-order chi connectivity index (χ1) is 8.25. The molecule has 0 N–H and O–H groups in total. The Balaban J connectivity index is 0.00000162.